The molecule has 0 atom stereocenters. The van der Waals surface area contributed by atoms with E-state index in [1.165, 1.54) is 0 Å². The van der Waals surface area contributed by atoms with Gasteiger partial charge in [-0.05, 0) is 24.5 Å². The Labute approximate surface area is 92.3 Å². The number of hydrogen-bond acceptors (Lipinski definition) is 2. The highest BCUT2D eigenvalue weighted by Crippen LogP contribution is 2.48. The van der Waals surface area contributed by atoms with E-state index in [9.17, 15) is 5.11 Å². The highest BCUT2D eigenvalue weighted by atomic mass is 35.5. The molecule has 0 amide bonds. The van der Waals surface area contributed by atoms with Crippen molar-refractivity contribution >= 4 is 22.5 Å². The molecule has 4 heteroatoms. The summed E-state index contributed by atoms with van der Waals surface area (Å²) in [6, 6.07) is 5.83. The molecule has 1 aromatic carbocycles. The molecule has 2 aromatic rings. The van der Waals surface area contributed by atoms with Crippen LogP contribution in [0.4, 0.5) is 0 Å². The van der Waals surface area contributed by atoms with Crippen LogP contribution >= 0.6 is 11.6 Å². The van der Waals surface area contributed by atoms with Gasteiger partial charge in [0.1, 0.15) is 0 Å². The molecule has 0 bridgehead atoms. The number of nitrogens with zero attached hydrogens (tertiary/aromatic N) is 2. The van der Waals surface area contributed by atoms with Crippen molar-refractivity contribution in [2.45, 2.75) is 18.4 Å². The second kappa shape index (κ2) is 2.74. The molecular formula is C11H11ClN2O. The topological polar surface area (TPSA) is 38.0 Å². The number of benzene rings is 1. The molecule has 0 unspecified atom stereocenters. The Kier molecular flexibility index (Phi) is 1.68. The third kappa shape index (κ3) is 1.20. The zero-order valence-corrected chi connectivity index (χ0v) is 9.12. The van der Waals surface area contributed by atoms with Gasteiger partial charge < -0.3 is 5.11 Å². The summed E-state index contributed by atoms with van der Waals surface area (Å²) in [4.78, 5) is 0. The quantitative estimate of drug-likeness (QED) is 0.804. The van der Waals surface area contributed by atoms with Crippen LogP contribution in [0, 0.1) is 0 Å². The molecule has 0 saturated heterocycles. The van der Waals surface area contributed by atoms with E-state index in [2.05, 4.69) is 5.10 Å². The fourth-order valence-electron chi connectivity index (χ4n) is 2.04. The average molecular weight is 223 g/mol. The van der Waals surface area contributed by atoms with Gasteiger partial charge in [-0.15, -0.1) is 0 Å². The summed E-state index contributed by atoms with van der Waals surface area (Å²) in [5.41, 5.74) is 1.22. The highest BCUT2D eigenvalue weighted by molar-refractivity contribution is 6.34. The minimum absolute atomic E-state index is 0.475. The number of hydrogen-bond donors (Lipinski definition) is 1. The maximum atomic E-state index is 10.1. The lowest BCUT2D eigenvalue weighted by molar-refractivity contribution is 0.153. The van der Waals surface area contributed by atoms with Gasteiger partial charge in [0.05, 0.1) is 11.1 Å². The fraction of sp³-hybridized carbons (Fsp3) is 0.364. The summed E-state index contributed by atoms with van der Waals surface area (Å²) >= 11 is 6.07. The number of rotatable bonds is 1. The van der Waals surface area contributed by atoms with Crippen molar-refractivity contribution in [2.75, 3.05) is 0 Å². The van der Waals surface area contributed by atoms with E-state index in [0.29, 0.717) is 5.15 Å². The van der Waals surface area contributed by atoms with Gasteiger partial charge >= 0.3 is 0 Å². The summed E-state index contributed by atoms with van der Waals surface area (Å²) in [6.45, 7) is 0. The van der Waals surface area contributed by atoms with Crippen LogP contribution in [0.3, 0.4) is 0 Å². The minimum atomic E-state index is -0.661. The molecule has 0 radical (unpaired) electrons. The molecule has 3 rings (SSSR count). The van der Waals surface area contributed by atoms with Crippen LogP contribution in [0.2, 0.25) is 5.15 Å². The van der Waals surface area contributed by atoms with Gasteiger partial charge in [-0.1, -0.05) is 23.7 Å². The number of aryl methyl sites for hydroxylation is 1. The van der Waals surface area contributed by atoms with Crippen LogP contribution in [0.1, 0.15) is 18.4 Å². The van der Waals surface area contributed by atoms with E-state index in [-0.39, 0.29) is 0 Å². The van der Waals surface area contributed by atoms with Crippen molar-refractivity contribution in [3.63, 3.8) is 0 Å². The highest BCUT2D eigenvalue weighted by Gasteiger charge is 2.43. The van der Waals surface area contributed by atoms with E-state index in [1.54, 1.807) is 4.68 Å². The van der Waals surface area contributed by atoms with Crippen molar-refractivity contribution in [3.05, 3.63) is 28.9 Å². The first kappa shape index (κ1) is 9.19. The third-order valence-electron chi connectivity index (χ3n) is 3.06. The van der Waals surface area contributed by atoms with Crippen molar-refractivity contribution in [2.24, 2.45) is 7.05 Å². The summed E-state index contributed by atoms with van der Waals surface area (Å²) in [7, 11) is 1.86. The molecule has 78 valence electrons. The monoisotopic (exact) mass is 222 g/mol. The van der Waals surface area contributed by atoms with Crippen molar-refractivity contribution in [3.8, 4) is 0 Å². The number of aromatic nitrogens is 2. The van der Waals surface area contributed by atoms with Crippen LogP contribution in [-0.2, 0) is 12.6 Å². The summed E-state index contributed by atoms with van der Waals surface area (Å²) < 4.78 is 1.74. The van der Waals surface area contributed by atoms with Crippen LogP contribution < -0.4 is 0 Å². The maximum Gasteiger partial charge on any atom is 0.159 e. The molecule has 3 nitrogen and oxygen atoms in total. The second-order valence-electron chi connectivity index (χ2n) is 4.15. The smallest absolute Gasteiger partial charge is 0.159 e. The number of halogens is 1. The molecule has 1 aromatic heterocycles. The number of aliphatic hydroxyl groups is 1. The van der Waals surface area contributed by atoms with E-state index >= 15 is 0 Å². The zero-order chi connectivity index (χ0) is 10.6. The van der Waals surface area contributed by atoms with E-state index in [0.717, 1.165) is 29.3 Å². The molecule has 0 spiro atoms. The molecule has 1 saturated carbocycles. The predicted octanol–water partition coefficient (Wildman–Crippen LogP) is 2.21. The first-order chi connectivity index (χ1) is 7.12. The second-order valence-corrected chi connectivity index (χ2v) is 4.50. The van der Waals surface area contributed by atoms with Crippen molar-refractivity contribution in [1.82, 2.24) is 9.78 Å². The van der Waals surface area contributed by atoms with Gasteiger partial charge in [0.15, 0.2) is 5.15 Å². The van der Waals surface area contributed by atoms with Crippen LogP contribution in [0.25, 0.3) is 10.9 Å². The van der Waals surface area contributed by atoms with Gasteiger partial charge in [0, 0.05) is 12.4 Å². The average Bonchev–Trinajstić information content (AvgIpc) is 2.89. The van der Waals surface area contributed by atoms with Gasteiger partial charge in [-0.3, -0.25) is 4.68 Å². The minimum Gasteiger partial charge on any atom is -0.385 e. The van der Waals surface area contributed by atoms with Gasteiger partial charge in [0.25, 0.3) is 0 Å². The molecule has 15 heavy (non-hydrogen) atoms. The van der Waals surface area contributed by atoms with Crippen LogP contribution in [0.5, 0.6) is 0 Å². The Morgan fingerprint density at radius 1 is 1.47 bits per heavy atom. The lowest BCUT2D eigenvalue weighted by Gasteiger charge is -2.09. The maximum absolute atomic E-state index is 10.1. The van der Waals surface area contributed by atoms with E-state index < -0.39 is 5.60 Å². The molecular weight excluding hydrogens is 212 g/mol. The molecule has 0 aliphatic heterocycles. The largest absolute Gasteiger partial charge is 0.385 e. The first-order valence-electron chi connectivity index (χ1n) is 4.96. The Morgan fingerprint density at radius 2 is 2.20 bits per heavy atom. The lowest BCUT2D eigenvalue weighted by atomic mass is 10.0. The SMILES string of the molecule is Cn1nc(Cl)c2c(C3(O)CC3)cccc21. The zero-order valence-electron chi connectivity index (χ0n) is 8.37. The predicted molar refractivity (Wildman–Crippen MR) is 58.9 cm³/mol. The third-order valence-corrected chi connectivity index (χ3v) is 3.32. The molecule has 1 aliphatic rings. The Bertz CT molecular complexity index is 543. The lowest BCUT2D eigenvalue weighted by Crippen LogP contribution is -2.04. The first-order valence-corrected chi connectivity index (χ1v) is 5.34. The van der Waals surface area contributed by atoms with Crippen molar-refractivity contribution < 1.29 is 5.11 Å². The van der Waals surface area contributed by atoms with Crippen LogP contribution in [0.15, 0.2) is 18.2 Å². The summed E-state index contributed by atoms with van der Waals surface area (Å²) in [5.74, 6) is 0. The summed E-state index contributed by atoms with van der Waals surface area (Å²) in [5, 5.41) is 15.7. The Morgan fingerprint density at radius 3 is 2.87 bits per heavy atom. The van der Waals surface area contributed by atoms with Gasteiger partial charge in [-0.2, -0.15) is 5.10 Å². The molecule has 1 fully saturated rings. The molecule has 1 heterocycles. The van der Waals surface area contributed by atoms with Crippen molar-refractivity contribution in [1.29, 1.82) is 0 Å². The molecule has 1 aliphatic carbocycles. The standard InChI is InChI=1S/C11H11ClN2O/c1-14-8-4-2-3-7(11(15)5-6-11)9(8)10(12)13-14/h2-4,15H,5-6H2,1H3. The van der Waals surface area contributed by atoms with Crippen LogP contribution in [-0.4, -0.2) is 14.9 Å². The normalized spacial score (nSPS) is 18.3. The van der Waals surface area contributed by atoms with Gasteiger partial charge in [0.2, 0.25) is 0 Å². The Hall–Kier alpha value is -1.06. The molecule has 1 N–H and O–H groups in total. The fourth-order valence-corrected chi connectivity index (χ4v) is 2.35. The van der Waals surface area contributed by atoms with E-state index in [1.807, 2.05) is 25.2 Å². The van der Waals surface area contributed by atoms with E-state index in [4.69, 9.17) is 11.6 Å². The summed E-state index contributed by atoms with van der Waals surface area (Å²) in [6.07, 6.45) is 1.63. The number of fused-ring (bicyclic) bond motifs is 1. The Balaban J connectivity index is 2.39. The van der Waals surface area contributed by atoms with Gasteiger partial charge in [-0.25, -0.2) is 0 Å².